The van der Waals surface area contributed by atoms with Crippen LogP contribution in [-0.2, 0) is 16.6 Å². The van der Waals surface area contributed by atoms with E-state index < -0.39 is 11.8 Å². The van der Waals surface area contributed by atoms with Gasteiger partial charge in [0.2, 0.25) is 0 Å². The SMILES string of the molecule is C=CCN1C(=O)C(=Cc2cc3ccccc3n2C)C(=O)NC1=S. The minimum absolute atomic E-state index is 0.0614. The lowest BCUT2D eigenvalue weighted by molar-refractivity contribution is -0.128. The molecule has 1 aromatic carbocycles. The molecule has 1 fully saturated rings. The number of fused-ring (bicyclic) bond motifs is 1. The molecule has 116 valence electrons. The molecule has 1 aliphatic heterocycles. The predicted molar refractivity (Wildman–Crippen MR) is 93.5 cm³/mol. The highest BCUT2D eigenvalue weighted by Crippen LogP contribution is 2.21. The van der Waals surface area contributed by atoms with Gasteiger partial charge in [-0.05, 0) is 30.4 Å². The molecule has 2 aromatic rings. The van der Waals surface area contributed by atoms with E-state index in [1.165, 1.54) is 4.90 Å². The zero-order chi connectivity index (χ0) is 16.6. The van der Waals surface area contributed by atoms with Crippen LogP contribution in [0.2, 0.25) is 0 Å². The minimum atomic E-state index is -0.481. The average molecular weight is 325 g/mol. The third kappa shape index (κ3) is 2.57. The van der Waals surface area contributed by atoms with Gasteiger partial charge in [0.15, 0.2) is 5.11 Å². The first-order chi connectivity index (χ1) is 11.0. The zero-order valence-corrected chi connectivity index (χ0v) is 13.4. The van der Waals surface area contributed by atoms with Crippen molar-refractivity contribution in [3.63, 3.8) is 0 Å². The largest absolute Gasteiger partial charge is 0.344 e. The predicted octanol–water partition coefficient (Wildman–Crippen LogP) is 1.99. The Kier molecular flexibility index (Phi) is 3.83. The van der Waals surface area contributed by atoms with Gasteiger partial charge in [-0.2, -0.15) is 0 Å². The first-order valence-corrected chi connectivity index (χ1v) is 7.48. The van der Waals surface area contributed by atoms with Crippen molar-refractivity contribution in [2.24, 2.45) is 7.05 Å². The Labute approximate surface area is 138 Å². The molecule has 0 spiro atoms. The summed E-state index contributed by atoms with van der Waals surface area (Å²) in [4.78, 5) is 26.0. The lowest BCUT2D eigenvalue weighted by Gasteiger charge is -2.27. The van der Waals surface area contributed by atoms with E-state index in [2.05, 4.69) is 11.9 Å². The fourth-order valence-electron chi connectivity index (χ4n) is 2.59. The van der Waals surface area contributed by atoms with Gasteiger partial charge in [-0.25, -0.2) is 0 Å². The smallest absolute Gasteiger partial charge is 0.266 e. The highest BCUT2D eigenvalue weighted by atomic mass is 32.1. The van der Waals surface area contributed by atoms with Gasteiger partial charge in [-0.1, -0.05) is 24.3 Å². The Balaban J connectivity index is 2.07. The van der Waals surface area contributed by atoms with Crippen molar-refractivity contribution in [3.05, 3.63) is 54.3 Å². The lowest BCUT2D eigenvalue weighted by Crippen LogP contribution is -2.53. The summed E-state index contributed by atoms with van der Waals surface area (Å²) in [7, 11) is 1.89. The number of benzene rings is 1. The van der Waals surface area contributed by atoms with Gasteiger partial charge in [0.1, 0.15) is 5.57 Å². The van der Waals surface area contributed by atoms with Gasteiger partial charge in [-0.3, -0.25) is 19.8 Å². The number of hydrogen-bond acceptors (Lipinski definition) is 3. The number of thiocarbonyl (C=S) groups is 1. The van der Waals surface area contributed by atoms with E-state index in [0.717, 1.165) is 16.6 Å². The van der Waals surface area contributed by atoms with Crippen LogP contribution >= 0.6 is 12.2 Å². The van der Waals surface area contributed by atoms with Gasteiger partial charge < -0.3 is 4.57 Å². The third-order valence-corrected chi connectivity index (χ3v) is 4.10. The first kappa shape index (κ1) is 15.2. The number of nitrogens with zero attached hydrogens (tertiary/aromatic N) is 2. The van der Waals surface area contributed by atoms with Gasteiger partial charge in [0.25, 0.3) is 11.8 Å². The Morgan fingerprint density at radius 3 is 2.74 bits per heavy atom. The molecule has 0 radical (unpaired) electrons. The molecule has 6 heteroatoms. The van der Waals surface area contributed by atoms with E-state index in [9.17, 15) is 9.59 Å². The van der Waals surface area contributed by atoms with E-state index in [1.807, 2.05) is 41.9 Å². The Hall–Kier alpha value is -2.73. The number of rotatable bonds is 3. The van der Waals surface area contributed by atoms with Crippen molar-refractivity contribution in [1.29, 1.82) is 0 Å². The molecule has 23 heavy (non-hydrogen) atoms. The topological polar surface area (TPSA) is 54.3 Å². The maximum atomic E-state index is 12.5. The maximum Gasteiger partial charge on any atom is 0.266 e. The maximum absolute atomic E-state index is 12.5. The molecule has 2 amide bonds. The van der Waals surface area contributed by atoms with Crippen LogP contribution in [0.15, 0.2) is 48.6 Å². The van der Waals surface area contributed by atoms with Gasteiger partial charge in [0, 0.05) is 30.2 Å². The summed E-state index contributed by atoms with van der Waals surface area (Å²) in [5, 5.41) is 3.69. The number of aryl methyl sites for hydroxylation is 1. The molecule has 1 aromatic heterocycles. The van der Waals surface area contributed by atoms with Crippen LogP contribution < -0.4 is 5.32 Å². The molecule has 5 nitrogen and oxygen atoms in total. The molecule has 0 atom stereocenters. The van der Waals surface area contributed by atoms with Crippen molar-refractivity contribution in [3.8, 4) is 0 Å². The van der Waals surface area contributed by atoms with Crippen molar-refractivity contribution in [2.75, 3.05) is 6.54 Å². The van der Waals surface area contributed by atoms with Crippen LogP contribution in [0.5, 0.6) is 0 Å². The normalized spacial score (nSPS) is 17.0. The van der Waals surface area contributed by atoms with Gasteiger partial charge in [0.05, 0.1) is 0 Å². The molecule has 1 aliphatic rings. The number of nitrogens with one attached hydrogen (secondary N) is 1. The van der Waals surface area contributed by atoms with Crippen molar-refractivity contribution in [2.45, 2.75) is 0 Å². The number of carbonyl (C=O) groups is 2. The quantitative estimate of drug-likeness (QED) is 0.406. The van der Waals surface area contributed by atoms with E-state index >= 15 is 0 Å². The summed E-state index contributed by atoms with van der Waals surface area (Å²) in [6, 6.07) is 9.80. The molecule has 0 bridgehead atoms. The lowest BCUT2D eigenvalue weighted by atomic mass is 10.1. The van der Waals surface area contributed by atoms with Gasteiger partial charge >= 0.3 is 0 Å². The van der Waals surface area contributed by atoms with Crippen molar-refractivity contribution >= 4 is 46.1 Å². The Bertz CT molecular complexity index is 879. The van der Waals surface area contributed by atoms with E-state index in [0.29, 0.717) is 0 Å². The summed E-state index contributed by atoms with van der Waals surface area (Å²) in [5.74, 6) is -0.894. The van der Waals surface area contributed by atoms with Crippen LogP contribution in [0.25, 0.3) is 17.0 Å². The van der Waals surface area contributed by atoms with Crippen LogP contribution in [0.4, 0.5) is 0 Å². The van der Waals surface area contributed by atoms with Crippen LogP contribution in [-0.4, -0.2) is 32.9 Å². The van der Waals surface area contributed by atoms with Crippen LogP contribution in [0.1, 0.15) is 5.69 Å². The highest BCUT2D eigenvalue weighted by molar-refractivity contribution is 7.80. The second-order valence-corrected chi connectivity index (χ2v) is 5.60. The molecular formula is C17H15N3O2S. The van der Waals surface area contributed by atoms with Crippen LogP contribution in [0, 0.1) is 0 Å². The summed E-state index contributed by atoms with van der Waals surface area (Å²) >= 11 is 5.04. The fraction of sp³-hybridized carbons (Fsp3) is 0.118. The molecule has 0 aliphatic carbocycles. The Morgan fingerprint density at radius 2 is 2.04 bits per heavy atom. The molecule has 0 unspecified atom stereocenters. The summed E-state index contributed by atoms with van der Waals surface area (Å²) in [6.07, 6.45) is 3.16. The summed E-state index contributed by atoms with van der Waals surface area (Å²) < 4.78 is 1.94. The minimum Gasteiger partial charge on any atom is -0.344 e. The molecule has 0 saturated carbocycles. The number of hydrogen-bond donors (Lipinski definition) is 1. The van der Waals surface area contributed by atoms with Gasteiger partial charge in [-0.15, -0.1) is 6.58 Å². The molecule has 1 N–H and O–H groups in total. The highest BCUT2D eigenvalue weighted by Gasteiger charge is 2.32. The Morgan fingerprint density at radius 1 is 1.30 bits per heavy atom. The standard InChI is InChI=1S/C17H15N3O2S/c1-3-8-20-16(22)13(15(21)18-17(20)23)10-12-9-11-6-4-5-7-14(11)19(12)2/h3-7,9-10H,1,8H2,2H3,(H,18,21,23). The second-order valence-electron chi connectivity index (χ2n) is 5.21. The number of aromatic nitrogens is 1. The molecule has 2 heterocycles. The summed E-state index contributed by atoms with van der Waals surface area (Å²) in [6.45, 7) is 3.86. The second kappa shape index (κ2) is 5.81. The molecule has 3 rings (SSSR count). The monoisotopic (exact) mass is 325 g/mol. The number of para-hydroxylation sites is 1. The summed E-state index contributed by atoms with van der Waals surface area (Å²) in [5.41, 5.74) is 1.86. The first-order valence-electron chi connectivity index (χ1n) is 7.07. The van der Waals surface area contributed by atoms with Crippen molar-refractivity contribution < 1.29 is 9.59 Å². The number of carbonyl (C=O) groups excluding carboxylic acids is 2. The molecular weight excluding hydrogens is 310 g/mol. The van der Waals surface area contributed by atoms with E-state index in [1.54, 1.807) is 12.2 Å². The average Bonchev–Trinajstić information content (AvgIpc) is 2.84. The fourth-order valence-corrected chi connectivity index (χ4v) is 2.84. The van der Waals surface area contributed by atoms with Crippen LogP contribution in [0.3, 0.4) is 0 Å². The van der Waals surface area contributed by atoms with E-state index in [4.69, 9.17) is 12.2 Å². The molecule has 1 saturated heterocycles. The number of amides is 2. The zero-order valence-electron chi connectivity index (χ0n) is 12.6. The van der Waals surface area contributed by atoms with Crippen molar-refractivity contribution in [1.82, 2.24) is 14.8 Å². The third-order valence-electron chi connectivity index (χ3n) is 3.78. The van der Waals surface area contributed by atoms with E-state index in [-0.39, 0.29) is 17.2 Å².